The van der Waals surface area contributed by atoms with E-state index in [1.807, 2.05) is 6.07 Å². The molecule has 1 aliphatic rings. The molecule has 1 aliphatic heterocycles. The molecule has 1 saturated heterocycles. The molecule has 0 saturated carbocycles. The molecule has 0 aromatic heterocycles. The number of anilines is 2. The van der Waals surface area contributed by atoms with Gasteiger partial charge in [-0.15, -0.1) is 0 Å². The number of nitriles is 1. The topological polar surface area (TPSA) is 114 Å². The molecular formula is C18H24N6O2. The van der Waals surface area contributed by atoms with Crippen molar-refractivity contribution in [2.45, 2.75) is 6.92 Å². The van der Waals surface area contributed by atoms with Crippen LogP contribution in [0.25, 0.3) is 0 Å². The monoisotopic (exact) mass is 356 g/mol. The summed E-state index contributed by atoms with van der Waals surface area (Å²) in [4.78, 5) is 27.5. The highest BCUT2D eigenvalue weighted by molar-refractivity contribution is 5.97. The number of nitrogens with zero attached hydrogens (tertiary/aromatic N) is 3. The van der Waals surface area contributed by atoms with Gasteiger partial charge in [-0.05, 0) is 18.2 Å². The van der Waals surface area contributed by atoms with Gasteiger partial charge in [-0.25, -0.2) is 0 Å². The average Bonchev–Trinajstić information content (AvgIpc) is 2.63. The molecule has 26 heavy (non-hydrogen) atoms. The number of carbonyl (C=O) groups is 2. The van der Waals surface area contributed by atoms with Crippen molar-refractivity contribution in [3.8, 4) is 6.07 Å². The summed E-state index contributed by atoms with van der Waals surface area (Å²) >= 11 is 0. The van der Waals surface area contributed by atoms with Crippen molar-refractivity contribution in [3.05, 3.63) is 36.0 Å². The maximum Gasteiger partial charge on any atom is 0.266 e. The third-order valence-corrected chi connectivity index (χ3v) is 4.02. The largest absolute Gasteiger partial charge is 0.360 e. The van der Waals surface area contributed by atoms with Gasteiger partial charge in [0.25, 0.3) is 5.91 Å². The molecule has 1 heterocycles. The van der Waals surface area contributed by atoms with E-state index in [-0.39, 0.29) is 17.4 Å². The average molecular weight is 356 g/mol. The normalized spacial score (nSPS) is 15.3. The maximum absolute atomic E-state index is 12.5. The van der Waals surface area contributed by atoms with Crippen molar-refractivity contribution < 1.29 is 9.59 Å². The van der Waals surface area contributed by atoms with Crippen molar-refractivity contribution in [2.75, 3.05) is 49.9 Å². The molecule has 2 amide bonds. The Labute approximate surface area is 153 Å². The predicted octanol–water partition coefficient (Wildman–Crippen LogP) is 0.567. The summed E-state index contributed by atoms with van der Waals surface area (Å²) in [6, 6.07) is 8.99. The number of piperazine rings is 1. The van der Waals surface area contributed by atoms with E-state index in [1.54, 1.807) is 29.2 Å². The predicted molar refractivity (Wildman–Crippen MR) is 100 cm³/mol. The van der Waals surface area contributed by atoms with Crippen LogP contribution in [0.1, 0.15) is 6.92 Å². The summed E-state index contributed by atoms with van der Waals surface area (Å²) in [6.45, 7) is 5.51. The third kappa shape index (κ3) is 5.58. The smallest absolute Gasteiger partial charge is 0.266 e. The van der Waals surface area contributed by atoms with Gasteiger partial charge in [0, 0.05) is 63.8 Å². The molecule has 4 N–H and O–H groups in total. The third-order valence-electron chi connectivity index (χ3n) is 4.02. The number of nitrogens with one attached hydrogen (secondary N) is 2. The fourth-order valence-electron chi connectivity index (χ4n) is 2.71. The van der Waals surface area contributed by atoms with Crippen LogP contribution in [0.3, 0.4) is 0 Å². The zero-order chi connectivity index (χ0) is 18.9. The van der Waals surface area contributed by atoms with E-state index >= 15 is 0 Å². The fourth-order valence-corrected chi connectivity index (χ4v) is 2.71. The summed E-state index contributed by atoms with van der Waals surface area (Å²) in [6.07, 6.45) is 1.40. The number of amides is 2. The van der Waals surface area contributed by atoms with E-state index < -0.39 is 0 Å². The van der Waals surface area contributed by atoms with E-state index in [0.717, 1.165) is 19.6 Å². The number of hydrogen-bond donors (Lipinski definition) is 3. The zero-order valence-corrected chi connectivity index (χ0v) is 14.9. The van der Waals surface area contributed by atoms with Gasteiger partial charge in [0.1, 0.15) is 11.6 Å². The van der Waals surface area contributed by atoms with E-state index in [0.29, 0.717) is 31.0 Å². The summed E-state index contributed by atoms with van der Waals surface area (Å²) in [5.74, 6) is -0.454. The lowest BCUT2D eigenvalue weighted by Crippen LogP contribution is -2.50. The van der Waals surface area contributed by atoms with Gasteiger partial charge in [0.2, 0.25) is 5.91 Å². The molecule has 8 heteroatoms. The maximum atomic E-state index is 12.5. The lowest BCUT2D eigenvalue weighted by atomic mass is 10.2. The van der Waals surface area contributed by atoms with Crippen LogP contribution in [-0.4, -0.2) is 60.9 Å². The highest BCUT2D eigenvalue weighted by Gasteiger charge is 2.23. The fraction of sp³-hybridized carbons (Fsp3) is 0.389. The Balaban J connectivity index is 1.98. The second-order valence-corrected chi connectivity index (χ2v) is 6.00. The summed E-state index contributed by atoms with van der Waals surface area (Å²) < 4.78 is 0. The molecule has 1 aromatic rings. The van der Waals surface area contributed by atoms with Gasteiger partial charge in [-0.3, -0.25) is 14.5 Å². The number of benzene rings is 1. The first kappa shape index (κ1) is 19.4. The van der Waals surface area contributed by atoms with Crippen molar-refractivity contribution in [2.24, 2.45) is 5.73 Å². The molecule has 8 nitrogen and oxygen atoms in total. The second kappa shape index (κ2) is 9.56. The van der Waals surface area contributed by atoms with Crippen molar-refractivity contribution in [3.63, 3.8) is 0 Å². The number of hydrogen-bond acceptors (Lipinski definition) is 6. The van der Waals surface area contributed by atoms with Crippen LogP contribution in [0.15, 0.2) is 36.0 Å². The first-order valence-electron chi connectivity index (χ1n) is 8.49. The standard InChI is InChI=1S/C18H24N6O2/c1-14(25)22-17-4-2-3-16(11-17)21-13-15(12-20)18(26)24-9-7-23(6-5-19)8-10-24/h2-4,11,13,21H,5-10,19H2,1H3,(H,22,25)/b15-13-. The van der Waals surface area contributed by atoms with Gasteiger partial charge >= 0.3 is 0 Å². The minimum Gasteiger partial charge on any atom is -0.360 e. The minimum atomic E-state index is -0.287. The molecule has 0 bridgehead atoms. The summed E-state index contributed by atoms with van der Waals surface area (Å²) in [5.41, 5.74) is 6.90. The molecule has 138 valence electrons. The molecule has 0 spiro atoms. The number of rotatable bonds is 6. The lowest BCUT2D eigenvalue weighted by Gasteiger charge is -2.34. The van der Waals surface area contributed by atoms with Gasteiger partial charge in [0.05, 0.1) is 0 Å². The van der Waals surface area contributed by atoms with Gasteiger partial charge < -0.3 is 21.3 Å². The van der Waals surface area contributed by atoms with Crippen LogP contribution in [0.2, 0.25) is 0 Å². The van der Waals surface area contributed by atoms with E-state index in [4.69, 9.17) is 5.73 Å². The van der Waals surface area contributed by atoms with Crippen LogP contribution in [0.4, 0.5) is 11.4 Å². The van der Waals surface area contributed by atoms with Gasteiger partial charge in [0.15, 0.2) is 0 Å². The lowest BCUT2D eigenvalue weighted by molar-refractivity contribution is -0.128. The molecule has 0 aliphatic carbocycles. The molecule has 0 radical (unpaired) electrons. The minimum absolute atomic E-state index is 0.0437. The Morgan fingerprint density at radius 1 is 1.27 bits per heavy atom. The second-order valence-electron chi connectivity index (χ2n) is 6.00. The molecule has 0 atom stereocenters. The SMILES string of the molecule is CC(=O)Nc1cccc(N/C=C(/C#N)C(=O)N2CCN(CCN)CC2)c1. The Bertz CT molecular complexity index is 717. The van der Waals surface area contributed by atoms with Gasteiger partial charge in [-0.1, -0.05) is 6.07 Å². The number of carbonyl (C=O) groups excluding carboxylic acids is 2. The Morgan fingerprint density at radius 2 is 1.96 bits per heavy atom. The van der Waals surface area contributed by atoms with E-state index in [1.165, 1.54) is 13.1 Å². The first-order valence-corrected chi connectivity index (χ1v) is 8.49. The zero-order valence-electron chi connectivity index (χ0n) is 14.9. The van der Waals surface area contributed by atoms with Crippen LogP contribution in [0.5, 0.6) is 0 Å². The molecular weight excluding hydrogens is 332 g/mol. The molecule has 0 unspecified atom stereocenters. The van der Waals surface area contributed by atoms with Crippen LogP contribution in [-0.2, 0) is 9.59 Å². The van der Waals surface area contributed by atoms with Crippen molar-refractivity contribution >= 4 is 23.2 Å². The van der Waals surface area contributed by atoms with Crippen molar-refractivity contribution in [1.29, 1.82) is 5.26 Å². The molecule has 1 aromatic carbocycles. The molecule has 2 rings (SSSR count). The highest BCUT2D eigenvalue weighted by atomic mass is 16.2. The molecule has 1 fully saturated rings. The Hall–Kier alpha value is -2.89. The van der Waals surface area contributed by atoms with Crippen molar-refractivity contribution in [1.82, 2.24) is 9.80 Å². The van der Waals surface area contributed by atoms with Crippen LogP contribution in [0, 0.1) is 11.3 Å². The highest BCUT2D eigenvalue weighted by Crippen LogP contribution is 2.16. The van der Waals surface area contributed by atoms with Gasteiger partial charge in [-0.2, -0.15) is 5.26 Å². The van der Waals surface area contributed by atoms with E-state index in [9.17, 15) is 14.9 Å². The summed E-state index contributed by atoms with van der Waals surface area (Å²) in [5, 5.41) is 15.0. The first-order chi connectivity index (χ1) is 12.5. The van der Waals surface area contributed by atoms with E-state index in [2.05, 4.69) is 15.5 Å². The Morgan fingerprint density at radius 3 is 2.58 bits per heavy atom. The van der Waals surface area contributed by atoms with Crippen LogP contribution < -0.4 is 16.4 Å². The number of nitrogens with two attached hydrogens (primary N) is 1. The van der Waals surface area contributed by atoms with Crippen LogP contribution >= 0.6 is 0 Å². The summed E-state index contributed by atoms with van der Waals surface area (Å²) in [7, 11) is 0. The Kier molecular flexibility index (Phi) is 7.14. The quantitative estimate of drug-likeness (QED) is 0.507.